The highest BCUT2D eigenvalue weighted by molar-refractivity contribution is 6.03. The third-order valence-corrected chi connectivity index (χ3v) is 5.68. The summed E-state index contributed by atoms with van der Waals surface area (Å²) < 4.78 is 35.8. The number of anilines is 2. The molecule has 1 aromatic carbocycles. The average Bonchev–Trinajstić information content (AvgIpc) is 2.72. The average molecular weight is 505 g/mol. The Bertz CT molecular complexity index is 1080. The third kappa shape index (κ3) is 7.05. The van der Waals surface area contributed by atoms with E-state index >= 15 is 0 Å². The van der Waals surface area contributed by atoms with Crippen LogP contribution < -0.4 is 20.3 Å². The second-order valence-electron chi connectivity index (χ2n) is 10.2. The Morgan fingerprint density at radius 2 is 1.78 bits per heavy atom. The van der Waals surface area contributed by atoms with Gasteiger partial charge in [0.25, 0.3) is 0 Å². The standard InChI is InChI=1S/C26H34F2N4O4/c1-15(2)19-9-7-8-10-21(19)32(18-13-17(14-18)30-25(34)36-26(4,5)6)24(33)31-20-12-11-16(3)29-22(20)35-23(27)28/h7-12,15,17-18,23H,13-14H2,1-6H3,(H,30,34)(H,31,33). The molecule has 0 atom stereocenters. The van der Waals surface area contributed by atoms with Crippen molar-refractivity contribution in [1.82, 2.24) is 10.3 Å². The van der Waals surface area contributed by atoms with Gasteiger partial charge in [0.1, 0.15) is 11.3 Å². The van der Waals surface area contributed by atoms with Crippen molar-refractivity contribution < 1.29 is 27.8 Å². The zero-order valence-corrected chi connectivity index (χ0v) is 21.5. The lowest BCUT2D eigenvalue weighted by molar-refractivity contribution is -0.0524. The van der Waals surface area contributed by atoms with Crippen molar-refractivity contribution >= 4 is 23.5 Å². The first-order valence-electron chi connectivity index (χ1n) is 11.9. The smallest absolute Gasteiger partial charge is 0.407 e. The first-order chi connectivity index (χ1) is 16.8. The van der Waals surface area contributed by atoms with Crippen molar-refractivity contribution in [2.45, 2.75) is 84.6 Å². The molecule has 1 fully saturated rings. The number of hydrogen-bond acceptors (Lipinski definition) is 5. The fraction of sp³-hybridized carbons (Fsp3) is 0.500. The summed E-state index contributed by atoms with van der Waals surface area (Å²) in [5.74, 6) is -0.223. The number of benzene rings is 1. The Labute approximate surface area is 210 Å². The molecule has 1 aliphatic carbocycles. The molecule has 1 saturated carbocycles. The fourth-order valence-corrected chi connectivity index (χ4v) is 4.04. The van der Waals surface area contributed by atoms with Gasteiger partial charge in [0.2, 0.25) is 5.88 Å². The van der Waals surface area contributed by atoms with Gasteiger partial charge in [0, 0.05) is 23.5 Å². The van der Waals surface area contributed by atoms with Crippen molar-refractivity contribution in [2.24, 2.45) is 0 Å². The first-order valence-corrected chi connectivity index (χ1v) is 11.9. The largest absolute Gasteiger partial charge is 0.444 e. The van der Waals surface area contributed by atoms with Gasteiger partial charge in [-0.2, -0.15) is 8.78 Å². The van der Waals surface area contributed by atoms with Gasteiger partial charge in [-0.1, -0.05) is 32.0 Å². The SMILES string of the molecule is Cc1ccc(NC(=O)N(c2ccccc2C(C)C)C2CC(NC(=O)OC(C)(C)C)C2)c(OC(F)F)n1. The van der Waals surface area contributed by atoms with Gasteiger partial charge in [-0.15, -0.1) is 0 Å². The van der Waals surface area contributed by atoms with E-state index in [0.717, 1.165) is 5.56 Å². The number of nitrogens with one attached hydrogen (secondary N) is 2. The Morgan fingerprint density at radius 3 is 2.39 bits per heavy atom. The number of amides is 3. The molecule has 2 aromatic rings. The van der Waals surface area contributed by atoms with Crippen LogP contribution in [0.25, 0.3) is 0 Å². The van der Waals surface area contributed by atoms with Crippen LogP contribution in [0.15, 0.2) is 36.4 Å². The summed E-state index contributed by atoms with van der Waals surface area (Å²) in [6, 6.07) is 9.74. The molecule has 3 rings (SSSR count). The number of para-hydroxylation sites is 1. The molecule has 0 radical (unpaired) electrons. The summed E-state index contributed by atoms with van der Waals surface area (Å²) in [6.07, 6.45) is 0.501. The number of halogens is 2. The maximum Gasteiger partial charge on any atom is 0.407 e. The Morgan fingerprint density at radius 1 is 1.11 bits per heavy atom. The molecular weight excluding hydrogens is 470 g/mol. The lowest BCUT2D eigenvalue weighted by atomic mass is 9.84. The molecule has 1 heterocycles. The molecule has 10 heteroatoms. The number of urea groups is 1. The van der Waals surface area contributed by atoms with Crippen LogP contribution in [0.3, 0.4) is 0 Å². The molecule has 0 spiro atoms. The summed E-state index contributed by atoms with van der Waals surface area (Å²) in [4.78, 5) is 31.4. The van der Waals surface area contributed by atoms with Crippen LogP contribution in [0.4, 0.5) is 29.7 Å². The summed E-state index contributed by atoms with van der Waals surface area (Å²) in [5.41, 5.74) is 1.57. The minimum absolute atomic E-state index is 0.0423. The van der Waals surface area contributed by atoms with Gasteiger partial charge in [-0.05, 0) is 70.2 Å². The number of alkyl halides is 2. The molecule has 1 aromatic heterocycles. The molecule has 0 saturated heterocycles. The predicted molar refractivity (Wildman–Crippen MR) is 134 cm³/mol. The number of pyridine rings is 1. The monoisotopic (exact) mass is 504 g/mol. The second kappa shape index (κ2) is 11.1. The number of nitrogens with zero attached hydrogens (tertiary/aromatic N) is 2. The maximum absolute atomic E-state index is 13.6. The second-order valence-corrected chi connectivity index (χ2v) is 10.2. The summed E-state index contributed by atoms with van der Waals surface area (Å²) in [5, 5.41) is 5.54. The number of alkyl carbamates (subject to hydrolysis) is 1. The number of aromatic nitrogens is 1. The fourth-order valence-electron chi connectivity index (χ4n) is 4.04. The number of carbonyl (C=O) groups is 2. The van der Waals surface area contributed by atoms with Crippen molar-refractivity contribution in [2.75, 3.05) is 10.2 Å². The zero-order chi connectivity index (χ0) is 26.6. The third-order valence-electron chi connectivity index (χ3n) is 5.68. The van der Waals surface area contributed by atoms with E-state index in [1.54, 1.807) is 38.7 Å². The molecule has 2 N–H and O–H groups in total. The van der Waals surface area contributed by atoms with Crippen LogP contribution in [-0.2, 0) is 4.74 Å². The van der Waals surface area contributed by atoms with E-state index in [1.807, 2.05) is 38.1 Å². The lowest BCUT2D eigenvalue weighted by Crippen LogP contribution is -2.57. The number of rotatable bonds is 7. The summed E-state index contributed by atoms with van der Waals surface area (Å²) >= 11 is 0. The molecule has 0 aliphatic heterocycles. The van der Waals surface area contributed by atoms with Crippen molar-refractivity contribution in [3.05, 3.63) is 47.7 Å². The molecule has 0 bridgehead atoms. The number of hydrogen-bond donors (Lipinski definition) is 2. The van der Waals surface area contributed by atoms with Crippen LogP contribution in [0.5, 0.6) is 5.88 Å². The summed E-state index contributed by atoms with van der Waals surface area (Å²) in [6.45, 7) is 7.98. The van der Waals surface area contributed by atoms with E-state index in [2.05, 4.69) is 20.4 Å². The van der Waals surface area contributed by atoms with Crippen molar-refractivity contribution in [3.8, 4) is 5.88 Å². The van der Waals surface area contributed by atoms with Gasteiger partial charge in [0.15, 0.2) is 0 Å². The minimum atomic E-state index is -3.08. The molecular formula is C26H34F2N4O4. The van der Waals surface area contributed by atoms with E-state index in [9.17, 15) is 18.4 Å². The van der Waals surface area contributed by atoms with E-state index in [0.29, 0.717) is 24.2 Å². The van der Waals surface area contributed by atoms with Gasteiger partial charge in [-0.3, -0.25) is 4.90 Å². The molecule has 0 unspecified atom stereocenters. The Balaban J connectivity index is 1.84. The van der Waals surface area contributed by atoms with Gasteiger partial charge < -0.3 is 20.1 Å². The van der Waals surface area contributed by atoms with Crippen molar-refractivity contribution in [1.29, 1.82) is 0 Å². The number of ether oxygens (including phenoxy) is 2. The molecule has 196 valence electrons. The highest BCUT2D eigenvalue weighted by Gasteiger charge is 2.39. The van der Waals surface area contributed by atoms with Crippen LogP contribution in [0.1, 0.15) is 64.6 Å². The normalized spacial score (nSPS) is 17.4. The van der Waals surface area contributed by atoms with E-state index < -0.39 is 24.3 Å². The highest BCUT2D eigenvalue weighted by atomic mass is 19.3. The molecule has 8 nitrogen and oxygen atoms in total. The van der Waals surface area contributed by atoms with Gasteiger partial charge >= 0.3 is 18.7 Å². The van der Waals surface area contributed by atoms with Crippen LogP contribution in [0, 0.1) is 6.92 Å². The topological polar surface area (TPSA) is 92.8 Å². The van der Waals surface area contributed by atoms with Crippen LogP contribution >= 0.6 is 0 Å². The molecule has 36 heavy (non-hydrogen) atoms. The predicted octanol–water partition coefficient (Wildman–Crippen LogP) is 6.21. The molecule has 3 amide bonds. The molecule has 1 aliphatic rings. The number of aryl methyl sites for hydroxylation is 1. The maximum atomic E-state index is 13.6. The van der Waals surface area contributed by atoms with Crippen molar-refractivity contribution in [3.63, 3.8) is 0 Å². The quantitative estimate of drug-likeness (QED) is 0.468. The van der Waals surface area contributed by atoms with E-state index in [1.165, 1.54) is 6.07 Å². The van der Waals surface area contributed by atoms with E-state index in [-0.39, 0.29) is 29.6 Å². The number of carbonyl (C=O) groups excluding carboxylic acids is 2. The van der Waals surface area contributed by atoms with Crippen LogP contribution in [0.2, 0.25) is 0 Å². The Hall–Kier alpha value is -3.43. The zero-order valence-electron chi connectivity index (χ0n) is 21.5. The minimum Gasteiger partial charge on any atom is -0.444 e. The highest BCUT2D eigenvalue weighted by Crippen LogP contribution is 2.36. The lowest BCUT2D eigenvalue weighted by Gasteiger charge is -2.43. The first kappa shape index (κ1) is 27.2. The van der Waals surface area contributed by atoms with Crippen LogP contribution in [-0.4, -0.2) is 41.4 Å². The van der Waals surface area contributed by atoms with Gasteiger partial charge in [-0.25, -0.2) is 14.6 Å². The Kier molecular flexibility index (Phi) is 8.37. The summed E-state index contributed by atoms with van der Waals surface area (Å²) in [7, 11) is 0. The van der Waals surface area contributed by atoms with E-state index in [4.69, 9.17) is 4.74 Å². The van der Waals surface area contributed by atoms with Gasteiger partial charge in [0.05, 0.1) is 0 Å².